The van der Waals surface area contributed by atoms with E-state index in [1.807, 2.05) is 0 Å². The van der Waals surface area contributed by atoms with E-state index < -0.39 is 0 Å². The number of halogens is 1. The van der Waals surface area contributed by atoms with Gasteiger partial charge < -0.3 is 20.7 Å². The smallest absolute Gasteiger partial charge is 0.226 e. The summed E-state index contributed by atoms with van der Waals surface area (Å²) >= 11 is 5.93. The third kappa shape index (κ3) is 5.39. The fourth-order valence-electron chi connectivity index (χ4n) is 2.80. The summed E-state index contributed by atoms with van der Waals surface area (Å²) in [6.45, 7) is 3.24. The van der Waals surface area contributed by atoms with Crippen molar-refractivity contribution in [3.63, 3.8) is 0 Å². The minimum absolute atomic E-state index is 0.0245. The van der Waals surface area contributed by atoms with Gasteiger partial charge in [-0.2, -0.15) is 0 Å². The molecule has 0 spiro atoms. The Morgan fingerprint density at radius 2 is 2.21 bits per heavy atom. The van der Waals surface area contributed by atoms with Gasteiger partial charge >= 0.3 is 0 Å². The molecule has 1 heterocycles. The van der Waals surface area contributed by atoms with Crippen molar-refractivity contribution >= 4 is 29.1 Å². The summed E-state index contributed by atoms with van der Waals surface area (Å²) in [6.07, 6.45) is 1.86. The van der Waals surface area contributed by atoms with Crippen LogP contribution in [-0.2, 0) is 9.59 Å². The second-order valence-electron chi connectivity index (χ2n) is 6.01. The Kier molecular flexibility index (Phi) is 6.87. The number of hydrogen-bond acceptors (Lipinski definition) is 4. The second-order valence-corrected chi connectivity index (χ2v) is 6.45. The van der Waals surface area contributed by atoms with Crippen molar-refractivity contribution in [2.24, 2.45) is 5.92 Å². The lowest BCUT2D eigenvalue weighted by atomic mass is 9.92. The Morgan fingerprint density at radius 1 is 1.42 bits per heavy atom. The first-order valence-corrected chi connectivity index (χ1v) is 8.52. The van der Waals surface area contributed by atoms with Gasteiger partial charge in [-0.05, 0) is 44.5 Å². The molecule has 2 amide bonds. The predicted molar refractivity (Wildman–Crippen MR) is 94.4 cm³/mol. The molecule has 132 valence electrons. The molecule has 1 saturated heterocycles. The number of ether oxygens (including phenoxy) is 1. The van der Waals surface area contributed by atoms with E-state index in [9.17, 15) is 9.59 Å². The first-order chi connectivity index (χ1) is 11.5. The van der Waals surface area contributed by atoms with Crippen LogP contribution in [0.1, 0.15) is 26.2 Å². The van der Waals surface area contributed by atoms with E-state index in [-0.39, 0.29) is 24.2 Å². The number of piperidine rings is 1. The summed E-state index contributed by atoms with van der Waals surface area (Å²) in [5.74, 6) is 0.392. The zero-order valence-electron chi connectivity index (χ0n) is 14.0. The number of rotatable bonds is 6. The van der Waals surface area contributed by atoms with E-state index in [0.29, 0.717) is 29.0 Å². The third-order valence-corrected chi connectivity index (χ3v) is 4.32. The molecule has 0 aromatic heterocycles. The summed E-state index contributed by atoms with van der Waals surface area (Å²) in [7, 11) is 1.53. The number of nitrogens with one attached hydrogen (secondary N) is 3. The van der Waals surface area contributed by atoms with Gasteiger partial charge in [0.15, 0.2) is 0 Å². The minimum atomic E-state index is -0.199. The molecule has 1 aliphatic rings. The summed E-state index contributed by atoms with van der Waals surface area (Å²) in [4.78, 5) is 24.2. The lowest BCUT2D eigenvalue weighted by molar-refractivity contribution is -0.126. The summed E-state index contributed by atoms with van der Waals surface area (Å²) in [6, 6.07) is 5.37. The third-order valence-electron chi connectivity index (χ3n) is 4.08. The van der Waals surface area contributed by atoms with Gasteiger partial charge in [-0.15, -0.1) is 0 Å². The Balaban J connectivity index is 1.77. The standard InChI is InChI=1S/C17H24ClN3O3/c1-11-9-12(5-7-19-11)17(23)20-8-6-16(22)21-14-10-13(18)3-4-15(14)24-2/h3-4,10-12,19H,5-9H2,1-2H3,(H,20,23)(H,21,22)/t11-,12-/m0/s1. The van der Waals surface area contributed by atoms with E-state index in [2.05, 4.69) is 22.9 Å². The molecule has 0 radical (unpaired) electrons. The quantitative estimate of drug-likeness (QED) is 0.732. The monoisotopic (exact) mass is 353 g/mol. The highest BCUT2D eigenvalue weighted by Crippen LogP contribution is 2.27. The van der Waals surface area contributed by atoms with Crippen molar-refractivity contribution in [2.75, 3.05) is 25.5 Å². The zero-order valence-corrected chi connectivity index (χ0v) is 14.8. The van der Waals surface area contributed by atoms with Crippen LogP contribution in [0.3, 0.4) is 0 Å². The maximum atomic E-state index is 12.1. The molecule has 1 aliphatic heterocycles. The van der Waals surface area contributed by atoms with Gasteiger partial charge in [0, 0.05) is 29.9 Å². The molecule has 1 aromatic carbocycles. The number of anilines is 1. The number of hydrogen-bond donors (Lipinski definition) is 3. The maximum Gasteiger partial charge on any atom is 0.226 e. The van der Waals surface area contributed by atoms with Crippen LogP contribution in [0.25, 0.3) is 0 Å². The zero-order chi connectivity index (χ0) is 17.5. The Morgan fingerprint density at radius 3 is 2.92 bits per heavy atom. The van der Waals surface area contributed by atoms with Crippen LogP contribution < -0.4 is 20.7 Å². The molecule has 0 bridgehead atoms. The van der Waals surface area contributed by atoms with Crippen molar-refractivity contribution in [2.45, 2.75) is 32.2 Å². The van der Waals surface area contributed by atoms with Crippen LogP contribution in [0.4, 0.5) is 5.69 Å². The van der Waals surface area contributed by atoms with Crippen molar-refractivity contribution < 1.29 is 14.3 Å². The molecule has 0 aliphatic carbocycles. The molecule has 24 heavy (non-hydrogen) atoms. The average Bonchev–Trinajstić information content (AvgIpc) is 2.55. The Labute approximate surface area is 147 Å². The molecular formula is C17H24ClN3O3. The van der Waals surface area contributed by atoms with E-state index >= 15 is 0 Å². The van der Waals surface area contributed by atoms with E-state index in [1.165, 1.54) is 7.11 Å². The lowest BCUT2D eigenvalue weighted by Crippen LogP contribution is -2.42. The normalized spacial score (nSPS) is 20.3. The van der Waals surface area contributed by atoms with Crippen molar-refractivity contribution in [3.8, 4) is 5.75 Å². The second kappa shape index (κ2) is 8.89. The fourth-order valence-corrected chi connectivity index (χ4v) is 2.98. The van der Waals surface area contributed by atoms with Gasteiger partial charge in [0.2, 0.25) is 11.8 Å². The van der Waals surface area contributed by atoms with Crippen molar-refractivity contribution in [1.82, 2.24) is 10.6 Å². The van der Waals surface area contributed by atoms with E-state index in [4.69, 9.17) is 16.3 Å². The molecule has 6 nitrogen and oxygen atoms in total. The molecule has 1 aromatic rings. The molecule has 0 saturated carbocycles. The largest absolute Gasteiger partial charge is 0.495 e. The first-order valence-electron chi connectivity index (χ1n) is 8.14. The lowest BCUT2D eigenvalue weighted by Gasteiger charge is -2.27. The van der Waals surface area contributed by atoms with Gasteiger partial charge in [0.1, 0.15) is 5.75 Å². The van der Waals surface area contributed by atoms with Gasteiger partial charge in [-0.25, -0.2) is 0 Å². The predicted octanol–water partition coefficient (Wildman–Crippen LogP) is 2.18. The van der Waals surface area contributed by atoms with Gasteiger partial charge in [0.25, 0.3) is 0 Å². The van der Waals surface area contributed by atoms with Crippen LogP contribution in [-0.4, -0.2) is 38.1 Å². The molecule has 1 fully saturated rings. The summed E-state index contributed by atoms with van der Waals surface area (Å²) in [5.41, 5.74) is 0.522. The Bertz CT molecular complexity index is 594. The highest BCUT2D eigenvalue weighted by atomic mass is 35.5. The van der Waals surface area contributed by atoms with Crippen LogP contribution in [0, 0.1) is 5.92 Å². The molecule has 2 rings (SSSR count). The van der Waals surface area contributed by atoms with E-state index in [0.717, 1.165) is 19.4 Å². The molecule has 7 heteroatoms. The van der Waals surface area contributed by atoms with Crippen LogP contribution in [0.5, 0.6) is 5.75 Å². The first kappa shape index (κ1) is 18.5. The van der Waals surface area contributed by atoms with Crippen LogP contribution >= 0.6 is 11.6 Å². The number of carbonyl (C=O) groups is 2. The van der Waals surface area contributed by atoms with Gasteiger partial charge in [0.05, 0.1) is 12.8 Å². The molecule has 2 atom stereocenters. The SMILES string of the molecule is COc1ccc(Cl)cc1NC(=O)CCNC(=O)[C@H]1CCN[C@@H](C)C1. The minimum Gasteiger partial charge on any atom is -0.495 e. The van der Waals surface area contributed by atoms with Crippen LogP contribution in [0.2, 0.25) is 5.02 Å². The number of methoxy groups -OCH3 is 1. The molecular weight excluding hydrogens is 330 g/mol. The average molecular weight is 354 g/mol. The molecule has 0 unspecified atom stereocenters. The highest BCUT2D eigenvalue weighted by molar-refractivity contribution is 6.31. The highest BCUT2D eigenvalue weighted by Gasteiger charge is 2.24. The molecule has 3 N–H and O–H groups in total. The summed E-state index contributed by atoms with van der Waals surface area (Å²) < 4.78 is 5.18. The topological polar surface area (TPSA) is 79.5 Å². The Hall–Kier alpha value is -1.79. The number of carbonyl (C=O) groups excluding carboxylic acids is 2. The van der Waals surface area contributed by atoms with Gasteiger partial charge in [-0.1, -0.05) is 11.6 Å². The van der Waals surface area contributed by atoms with Crippen molar-refractivity contribution in [1.29, 1.82) is 0 Å². The summed E-state index contributed by atoms with van der Waals surface area (Å²) in [5, 5.41) is 9.43. The van der Waals surface area contributed by atoms with Gasteiger partial charge in [-0.3, -0.25) is 9.59 Å². The van der Waals surface area contributed by atoms with Crippen molar-refractivity contribution in [3.05, 3.63) is 23.2 Å². The number of amides is 2. The fraction of sp³-hybridized carbons (Fsp3) is 0.529. The number of benzene rings is 1. The van der Waals surface area contributed by atoms with E-state index in [1.54, 1.807) is 18.2 Å². The van der Waals surface area contributed by atoms with Crippen LogP contribution in [0.15, 0.2) is 18.2 Å². The maximum absolute atomic E-state index is 12.1.